The van der Waals surface area contributed by atoms with E-state index in [0.29, 0.717) is 6.04 Å². The maximum Gasteiger partial charge on any atom is 0.251 e. The molecule has 2 rings (SSSR count). The molecule has 1 aliphatic carbocycles. The minimum absolute atomic E-state index is 0.206. The van der Waals surface area contributed by atoms with Crippen molar-refractivity contribution in [3.05, 3.63) is 0 Å². The van der Waals surface area contributed by atoms with Gasteiger partial charge in [-0.25, -0.2) is 0 Å². The average Bonchev–Trinajstić information content (AvgIpc) is 2.81. The van der Waals surface area contributed by atoms with Crippen molar-refractivity contribution in [2.75, 3.05) is 19.6 Å². The smallest absolute Gasteiger partial charge is 0.251 e. The molecule has 1 heterocycles. The average molecular weight is 310 g/mol. The molecule has 0 spiro atoms. The molecule has 0 radical (unpaired) electrons. The summed E-state index contributed by atoms with van der Waals surface area (Å²) in [7, 11) is 0. The quantitative estimate of drug-likeness (QED) is 0.767. The van der Waals surface area contributed by atoms with Crippen LogP contribution in [0.3, 0.4) is 0 Å². The first-order valence-corrected chi connectivity index (χ1v) is 9.39. The number of hydrogen-bond donors (Lipinski definition) is 1. The molecule has 1 aliphatic heterocycles. The van der Waals surface area contributed by atoms with Crippen molar-refractivity contribution in [1.29, 1.82) is 0 Å². The van der Waals surface area contributed by atoms with Crippen LogP contribution < -0.4 is 5.32 Å². The normalized spacial score (nSPS) is 23.0. The molecule has 4 nitrogen and oxygen atoms in total. The molecule has 1 unspecified atom stereocenters. The summed E-state index contributed by atoms with van der Waals surface area (Å²) in [5.74, 6) is 0.206. The van der Waals surface area contributed by atoms with E-state index in [1.807, 2.05) is 6.92 Å². The van der Waals surface area contributed by atoms with Crippen LogP contribution >= 0.6 is 0 Å². The standard InChI is InChI=1S/C18H34N2O2/c1-3-14-20(16-10-12-19-13-11-16)18(21)15(2)22-17-8-6-4-5-7-9-17/h15-17,19H,3-14H2,1-2H3. The van der Waals surface area contributed by atoms with Gasteiger partial charge in [0.2, 0.25) is 0 Å². The second-order valence-corrected chi connectivity index (χ2v) is 6.90. The zero-order valence-electron chi connectivity index (χ0n) is 14.5. The molecule has 0 aromatic rings. The second kappa shape index (κ2) is 9.51. The van der Waals surface area contributed by atoms with E-state index >= 15 is 0 Å². The monoisotopic (exact) mass is 310 g/mol. The fraction of sp³-hybridized carbons (Fsp3) is 0.944. The van der Waals surface area contributed by atoms with Gasteiger partial charge in [-0.05, 0) is 52.1 Å². The lowest BCUT2D eigenvalue weighted by atomic mass is 10.0. The first-order valence-electron chi connectivity index (χ1n) is 9.39. The van der Waals surface area contributed by atoms with E-state index in [1.165, 1.54) is 25.7 Å². The van der Waals surface area contributed by atoms with Gasteiger partial charge in [0, 0.05) is 12.6 Å². The topological polar surface area (TPSA) is 41.6 Å². The SMILES string of the molecule is CCCN(C(=O)C(C)OC1CCCCCC1)C1CCNCC1. The predicted octanol–water partition coefficient (Wildman–Crippen LogP) is 3.10. The third-order valence-electron chi connectivity index (χ3n) is 5.04. The van der Waals surface area contributed by atoms with Crippen LogP contribution in [0, 0.1) is 0 Å². The van der Waals surface area contributed by atoms with Crippen molar-refractivity contribution in [2.24, 2.45) is 0 Å². The number of amides is 1. The van der Waals surface area contributed by atoms with E-state index in [4.69, 9.17) is 4.74 Å². The molecule has 128 valence electrons. The number of nitrogens with one attached hydrogen (secondary N) is 1. The third kappa shape index (κ3) is 5.24. The van der Waals surface area contributed by atoms with Crippen molar-refractivity contribution in [1.82, 2.24) is 10.2 Å². The molecule has 1 saturated carbocycles. The summed E-state index contributed by atoms with van der Waals surface area (Å²) >= 11 is 0. The van der Waals surface area contributed by atoms with E-state index in [0.717, 1.165) is 51.7 Å². The van der Waals surface area contributed by atoms with Crippen LogP contribution in [0.5, 0.6) is 0 Å². The highest BCUT2D eigenvalue weighted by Crippen LogP contribution is 2.22. The van der Waals surface area contributed by atoms with Gasteiger partial charge in [-0.15, -0.1) is 0 Å². The van der Waals surface area contributed by atoms with Crippen LogP contribution in [0.2, 0.25) is 0 Å². The Kier molecular flexibility index (Phi) is 7.67. The summed E-state index contributed by atoms with van der Waals surface area (Å²) in [6.07, 6.45) is 10.5. The Morgan fingerprint density at radius 2 is 1.77 bits per heavy atom. The maximum absolute atomic E-state index is 12.9. The van der Waals surface area contributed by atoms with Gasteiger partial charge in [-0.3, -0.25) is 4.79 Å². The van der Waals surface area contributed by atoms with E-state index < -0.39 is 0 Å². The van der Waals surface area contributed by atoms with Crippen molar-refractivity contribution in [3.63, 3.8) is 0 Å². The van der Waals surface area contributed by atoms with Crippen LogP contribution in [0.4, 0.5) is 0 Å². The Balaban J connectivity index is 1.89. The number of rotatable bonds is 6. The summed E-state index contributed by atoms with van der Waals surface area (Å²) in [4.78, 5) is 15.0. The second-order valence-electron chi connectivity index (χ2n) is 6.90. The molecule has 2 aliphatic rings. The van der Waals surface area contributed by atoms with Crippen molar-refractivity contribution in [3.8, 4) is 0 Å². The molecule has 2 fully saturated rings. The van der Waals surface area contributed by atoms with E-state index in [1.54, 1.807) is 0 Å². The molecule has 0 aromatic carbocycles. The van der Waals surface area contributed by atoms with Gasteiger partial charge in [0.25, 0.3) is 5.91 Å². The maximum atomic E-state index is 12.9. The van der Waals surface area contributed by atoms with E-state index in [2.05, 4.69) is 17.1 Å². The van der Waals surface area contributed by atoms with Crippen molar-refractivity contribution in [2.45, 2.75) is 89.9 Å². The van der Waals surface area contributed by atoms with Gasteiger partial charge in [0.05, 0.1) is 6.10 Å². The summed E-state index contributed by atoms with van der Waals surface area (Å²) < 4.78 is 6.14. The minimum atomic E-state index is -0.287. The summed E-state index contributed by atoms with van der Waals surface area (Å²) in [6, 6.07) is 0.397. The van der Waals surface area contributed by atoms with Crippen LogP contribution in [-0.4, -0.2) is 48.7 Å². The van der Waals surface area contributed by atoms with Crippen LogP contribution in [-0.2, 0) is 9.53 Å². The zero-order chi connectivity index (χ0) is 15.8. The number of hydrogen-bond acceptors (Lipinski definition) is 3. The molecular weight excluding hydrogens is 276 g/mol. The zero-order valence-corrected chi connectivity index (χ0v) is 14.5. The summed E-state index contributed by atoms with van der Waals surface area (Å²) in [5.41, 5.74) is 0. The van der Waals surface area contributed by atoms with Crippen molar-refractivity contribution >= 4 is 5.91 Å². The Hall–Kier alpha value is -0.610. The highest BCUT2D eigenvalue weighted by molar-refractivity contribution is 5.80. The first kappa shape index (κ1) is 17.7. The molecule has 1 atom stereocenters. The van der Waals surface area contributed by atoms with Gasteiger partial charge in [-0.1, -0.05) is 32.6 Å². The fourth-order valence-electron chi connectivity index (χ4n) is 3.79. The molecule has 0 bridgehead atoms. The highest BCUT2D eigenvalue weighted by Gasteiger charge is 2.29. The predicted molar refractivity (Wildman–Crippen MR) is 89.9 cm³/mol. The summed E-state index contributed by atoms with van der Waals surface area (Å²) in [6.45, 7) is 7.02. The first-order chi connectivity index (χ1) is 10.7. The highest BCUT2D eigenvalue weighted by atomic mass is 16.5. The van der Waals surface area contributed by atoms with Crippen molar-refractivity contribution < 1.29 is 9.53 Å². The van der Waals surface area contributed by atoms with Crippen LogP contribution in [0.25, 0.3) is 0 Å². The number of piperidine rings is 1. The van der Waals surface area contributed by atoms with E-state index in [9.17, 15) is 4.79 Å². The number of ether oxygens (including phenoxy) is 1. The fourth-order valence-corrected chi connectivity index (χ4v) is 3.79. The largest absolute Gasteiger partial charge is 0.365 e. The van der Waals surface area contributed by atoms with Crippen LogP contribution in [0.15, 0.2) is 0 Å². The Bertz CT molecular complexity index is 321. The Morgan fingerprint density at radius 3 is 2.36 bits per heavy atom. The third-order valence-corrected chi connectivity index (χ3v) is 5.04. The molecular formula is C18H34N2O2. The van der Waals surface area contributed by atoms with Gasteiger partial charge in [0.1, 0.15) is 6.10 Å². The number of nitrogens with zero attached hydrogens (tertiary/aromatic N) is 1. The minimum Gasteiger partial charge on any atom is -0.365 e. The number of carbonyl (C=O) groups excluding carboxylic acids is 1. The lowest BCUT2D eigenvalue weighted by Crippen LogP contribution is -2.50. The molecule has 4 heteroatoms. The van der Waals surface area contributed by atoms with Gasteiger partial charge in [0.15, 0.2) is 0 Å². The lowest BCUT2D eigenvalue weighted by molar-refractivity contribution is -0.149. The van der Waals surface area contributed by atoms with Crippen LogP contribution in [0.1, 0.15) is 71.6 Å². The molecule has 22 heavy (non-hydrogen) atoms. The van der Waals surface area contributed by atoms with E-state index in [-0.39, 0.29) is 18.1 Å². The summed E-state index contributed by atoms with van der Waals surface area (Å²) in [5, 5.41) is 3.38. The van der Waals surface area contributed by atoms with Gasteiger partial charge < -0.3 is 15.0 Å². The molecule has 0 aromatic heterocycles. The Labute approximate surface area is 136 Å². The lowest BCUT2D eigenvalue weighted by Gasteiger charge is -2.36. The van der Waals surface area contributed by atoms with Gasteiger partial charge >= 0.3 is 0 Å². The number of carbonyl (C=O) groups is 1. The molecule has 1 N–H and O–H groups in total. The molecule has 1 saturated heterocycles. The Morgan fingerprint density at radius 1 is 1.14 bits per heavy atom. The molecule has 1 amide bonds. The van der Waals surface area contributed by atoms with Gasteiger partial charge in [-0.2, -0.15) is 0 Å².